The lowest BCUT2D eigenvalue weighted by Crippen LogP contribution is -2.00. The van der Waals surface area contributed by atoms with Gasteiger partial charge in [0.15, 0.2) is 0 Å². The number of H-pyrrole nitrogens is 1. The van der Waals surface area contributed by atoms with Crippen molar-refractivity contribution in [3.63, 3.8) is 0 Å². The van der Waals surface area contributed by atoms with Crippen LogP contribution in [-0.4, -0.2) is 19.3 Å². The number of aromatic amines is 1. The summed E-state index contributed by atoms with van der Waals surface area (Å²) in [7, 11) is 2.15. The summed E-state index contributed by atoms with van der Waals surface area (Å²) in [6, 6.07) is 5.15. The molecule has 7 rings (SSSR count). The number of fused-ring (bicyclic) bond motifs is 3. The summed E-state index contributed by atoms with van der Waals surface area (Å²) in [5.41, 5.74) is 9.61. The van der Waals surface area contributed by atoms with Gasteiger partial charge in [-0.2, -0.15) is 5.10 Å². The summed E-state index contributed by atoms with van der Waals surface area (Å²) in [5.74, 6) is 0.677. The third-order valence-electron chi connectivity index (χ3n) is 7.54. The maximum Gasteiger partial charge on any atom is 0.121 e. The Bertz CT molecular complexity index is 1650. The van der Waals surface area contributed by atoms with Gasteiger partial charge in [0.2, 0.25) is 0 Å². The minimum absolute atomic E-state index is 0.544. The second kappa shape index (κ2) is 7.57. The van der Waals surface area contributed by atoms with Gasteiger partial charge < -0.3 is 9.55 Å². The fraction of sp³-hybridized carbons (Fsp3) is 0.370. The van der Waals surface area contributed by atoms with Crippen LogP contribution < -0.4 is 0 Å². The molecular weight excluding hydrogens is 477 g/mol. The Morgan fingerprint density at radius 2 is 2.06 bits per heavy atom. The summed E-state index contributed by atoms with van der Waals surface area (Å²) in [6.45, 7) is 6.71. The highest BCUT2D eigenvalue weighted by atomic mass is 32.1. The molecular formula is C27H28N4S3. The van der Waals surface area contributed by atoms with Gasteiger partial charge in [0.25, 0.3) is 0 Å². The Labute approximate surface area is 210 Å². The highest BCUT2D eigenvalue weighted by Crippen LogP contribution is 2.49. The van der Waals surface area contributed by atoms with E-state index in [4.69, 9.17) is 5.10 Å². The number of nitrogens with zero attached hydrogens (tertiary/aromatic N) is 3. The highest BCUT2D eigenvalue weighted by molar-refractivity contribution is 7.22. The van der Waals surface area contributed by atoms with E-state index in [1.165, 1.54) is 70.0 Å². The monoisotopic (exact) mass is 504 g/mol. The number of thiophene rings is 3. The van der Waals surface area contributed by atoms with Gasteiger partial charge in [-0.1, -0.05) is 13.8 Å². The van der Waals surface area contributed by atoms with Gasteiger partial charge in [-0.3, -0.25) is 4.68 Å². The standard InChI is InChI=1S/C27H28N4S3/c1-5-17-24(22-11-21-25(34-22)14(3)12-30(21)4)28-23-16(13-33-26(17)23)9-15-10-20(15)31-27-18(7-8-32-27)19(6-2)29-31/h7-8,11-13,15,20,28H,5-6,9-10H2,1-4H3. The first kappa shape index (κ1) is 21.0. The molecule has 1 aliphatic rings. The first-order valence-corrected chi connectivity index (χ1v) is 14.8. The fourth-order valence-corrected chi connectivity index (χ4v) is 8.96. The normalized spacial score (nSPS) is 18.2. The van der Waals surface area contributed by atoms with Crippen molar-refractivity contribution in [2.45, 2.75) is 52.5 Å². The molecule has 6 heterocycles. The second-order valence-corrected chi connectivity index (χ2v) is 12.5. The van der Waals surface area contributed by atoms with E-state index in [9.17, 15) is 0 Å². The number of aromatic nitrogens is 4. The van der Waals surface area contributed by atoms with E-state index >= 15 is 0 Å². The van der Waals surface area contributed by atoms with Crippen molar-refractivity contribution >= 4 is 64.7 Å². The van der Waals surface area contributed by atoms with Gasteiger partial charge in [0.1, 0.15) is 4.83 Å². The molecule has 2 atom stereocenters. The number of hydrogen-bond donors (Lipinski definition) is 1. The smallest absolute Gasteiger partial charge is 0.121 e. The predicted octanol–water partition coefficient (Wildman–Crippen LogP) is 8.10. The van der Waals surface area contributed by atoms with Crippen LogP contribution in [0.2, 0.25) is 0 Å². The zero-order valence-corrected chi connectivity index (χ0v) is 22.4. The molecule has 1 saturated carbocycles. The largest absolute Gasteiger partial charge is 0.353 e. The zero-order valence-electron chi connectivity index (χ0n) is 19.9. The van der Waals surface area contributed by atoms with E-state index in [0.29, 0.717) is 12.0 Å². The lowest BCUT2D eigenvalue weighted by molar-refractivity contribution is 0.599. The number of hydrogen-bond acceptors (Lipinski definition) is 4. The van der Waals surface area contributed by atoms with E-state index in [0.717, 1.165) is 19.3 Å². The third kappa shape index (κ3) is 2.96. The summed E-state index contributed by atoms with van der Waals surface area (Å²) in [6.07, 6.45) is 6.66. The Morgan fingerprint density at radius 3 is 2.85 bits per heavy atom. The molecule has 0 amide bonds. The number of rotatable bonds is 6. The number of aryl methyl sites for hydroxylation is 4. The maximum atomic E-state index is 4.99. The molecule has 6 aromatic rings. The first-order valence-electron chi connectivity index (χ1n) is 12.2. The molecule has 174 valence electrons. The molecule has 0 aliphatic heterocycles. The van der Waals surface area contributed by atoms with E-state index in [-0.39, 0.29) is 0 Å². The van der Waals surface area contributed by atoms with Crippen molar-refractivity contribution in [3.8, 4) is 10.6 Å². The topological polar surface area (TPSA) is 38.5 Å². The van der Waals surface area contributed by atoms with E-state index in [1.807, 2.05) is 34.0 Å². The van der Waals surface area contributed by atoms with E-state index in [1.54, 1.807) is 0 Å². The zero-order chi connectivity index (χ0) is 23.1. The van der Waals surface area contributed by atoms with Crippen LogP contribution in [0.1, 0.15) is 48.7 Å². The third-order valence-corrected chi connectivity index (χ3v) is 10.8. The van der Waals surface area contributed by atoms with Gasteiger partial charge in [0.05, 0.1) is 42.7 Å². The molecule has 6 aromatic heterocycles. The van der Waals surface area contributed by atoms with Crippen molar-refractivity contribution in [1.82, 2.24) is 19.3 Å². The summed E-state index contributed by atoms with van der Waals surface area (Å²) < 4.78 is 7.45. The Balaban J connectivity index is 1.22. The quantitative estimate of drug-likeness (QED) is 0.244. The molecule has 1 aliphatic carbocycles. The summed E-state index contributed by atoms with van der Waals surface area (Å²) in [4.78, 5) is 6.61. The second-order valence-electron chi connectivity index (χ2n) is 9.70. The van der Waals surface area contributed by atoms with Gasteiger partial charge in [-0.05, 0) is 78.1 Å². The van der Waals surface area contributed by atoms with Gasteiger partial charge in [0, 0.05) is 18.6 Å². The number of nitrogens with one attached hydrogen (secondary N) is 1. The SMILES string of the molecule is CCc1nn(C2CC2Cc2csc3c(CC)c(-c4cc5c(s4)c(C)cn5C)[nH]c23)c2sccc12. The van der Waals surface area contributed by atoms with Gasteiger partial charge in [-0.25, -0.2) is 0 Å². The van der Waals surface area contributed by atoms with Crippen LogP contribution in [0.3, 0.4) is 0 Å². The van der Waals surface area contributed by atoms with Crippen LogP contribution in [0.25, 0.3) is 41.2 Å². The molecule has 0 saturated heterocycles. The van der Waals surface area contributed by atoms with Crippen LogP contribution in [-0.2, 0) is 26.3 Å². The van der Waals surface area contributed by atoms with Crippen molar-refractivity contribution < 1.29 is 0 Å². The summed E-state index contributed by atoms with van der Waals surface area (Å²) in [5, 5.41) is 11.0. The first-order chi connectivity index (χ1) is 16.6. The molecule has 1 fully saturated rings. The average Bonchev–Trinajstić information content (AvgIpc) is 3.41. The van der Waals surface area contributed by atoms with Crippen LogP contribution in [0.4, 0.5) is 0 Å². The van der Waals surface area contributed by atoms with E-state index in [2.05, 4.69) is 71.1 Å². The molecule has 0 radical (unpaired) electrons. The van der Waals surface area contributed by atoms with Crippen LogP contribution in [0, 0.1) is 12.8 Å². The minimum Gasteiger partial charge on any atom is -0.353 e. The molecule has 2 unspecified atom stereocenters. The Morgan fingerprint density at radius 1 is 1.18 bits per heavy atom. The van der Waals surface area contributed by atoms with Crippen molar-refractivity contribution in [1.29, 1.82) is 0 Å². The fourth-order valence-electron chi connectivity index (χ4n) is 5.68. The van der Waals surface area contributed by atoms with Gasteiger partial charge >= 0.3 is 0 Å². The minimum atomic E-state index is 0.544. The maximum absolute atomic E-state index is 4.99. The van der Waals surface area contributed by atoms with Crippen LogP contribution in [0.5, 0.6) is 0 Å². The molecule has 0 spiro atoms. The average molecular weight is 505 g/mol. The summed E-state index contributed by atoms with van der Waals surface area (Å²) >= 11 is 5.68. The molecule has 0 aromatic carbocycles. The van der Waals surface area contributed by atoms with Crippen molar-refractivity contribution in [3.05, 3.63) is 51.5 Å². The Kier molecular flexibility index (Phi) is 4.67. The lowest BCUT2D eigenvalue weighted by Gasteiger charge is -2.02. The van der Waals surface area contributed by atoms with Crippen molar-refractivity contribution in [2.24, 2.45) is 13.0 Å². The van der Waals surface area contributed by atoms with E-state index < -0.39 is 0 Å². The lowest BCUT2D eigenvalue weighted by atomic mass is 10.1. The molecule has 34 heavy (non-hydrogen) atoms. The molecule has 4 nitrogen and oxygen atoms in total. The molecule has 0 bridgehead atoms. The molecule has 1 N–H and O–H groups in total. The molecule has 7 heteroatoms. The Hall–Kier alpha value is -2.35. The van der Waals surface area contributed by atoms with Crippen LogP contribution >= 0.6 is 34.0 Å². The van der Waals surface area contributed by atoms with Crippen molar-refractivity contribution in [2.75, 3.05) is 0 Å². The van der Waals surface area contributed by atoms with Crippen LogP contribution in [0.15, 0.2) is 29.1 Å². The highest BCUT2D eigenvalue weighted by Gasteiger charge is 2.41. The van der Waals surface area contributed by atoms with Gasteiger partial charge in [-0.15, -0.1) is 34.0 Å². The predicted molar refractivity (Wildman–Crippen MR) is 148 cm³/mol.